The summed E-state index contributed by atoms with van der Waals surface area (Å²) in [7, 11) is 0. The van der Waals surface area contributed by atoms with Gasteiger partial charge in [0.05, 0.1) is 11.4 Å². The Hall–Kier alpha value is -0.750. The highest BCUT2D eigenvalue weighted by Gasteiger charge is 2.29. The first-order chi connectivity index (χ1) is 7.49. The molecule has 1 aliphatic heterocycles. The van der Waals surface area contributed by atoms with Crippen LogP contribution in [-0.4, -0.2) is 40.7 Å². The van der Waals surface area contributed by atoms with Gasteiger partial charge >= 0.3 is 5.97 Å². The van der Waals surface area contributed by atoms with E-state index in [4.69, 9.17) is 5.11 Å². The summed E-state index contributed by atoms with van der Waals surface area (Å²) < 4.78 is 0. The molecule has 1 saturated heterocycles. The number of hydrogen-bond donors (Lipinski definition) is 3. The number of thioether (sulfide) groups is 1. The SMILES string of the molecule is CC(C)CC1NC(C(=O)NCC(=O)O)CS1. The number of carboxylic acids is 1. The third-order valence-electron chi connectivity index (χ3n) is 2.27. The molecular weight excluding hydrogens is 228 g/mol. The normalized spacial score (nSPS) is 24.7. The van der Waals surface area contributed by atoms with Crippen LogP contribution in [0.25, 0.3) is 0 Å². The molecule has 0 aromatic carbocycles. The van der Waals surface area contributed by atoms with Gasteiger partial charge in [0.25, 0.3) is 0 Å². The first-order valence-corrected chi connectivity index (χ1v) is 6.41. The maximum Gasteiger partial charge on any atom is 0.322 e. The van der Waals surface area contributed by atoms with Gasteiger partial charge in [-0.25, -0.2) is 0 Å². The number of carbonyl (C=O) groups excluding carboxylic acids is 1. The highest BCUT2D eigenvalue weighted by Crippen LogP contribution is 2.24. The molecule has 6 heteroatoms. The van der Waals surface area contributed by atoms with Gasteiger partial charge in [0, 0.05) is 5.75 Å². The van der Waals surface area contributed by atoms with E-state index in [-0.39, 0.29) is 18.5 Å². The highest BCUT2D eigenvalue weighted by molar-refractivity contribution is 8.00. The van der Waals surface area contributed by atoms with Crippen LogP contribution in [0.15, 0.2) is 0 Å². The van der Waals surface area contributed by atoms with Crippen molar-refractivity contribution in [3.63, 3.8) is 0 Å². The third-order valence-corrected chi connectivity index (χ3v) is 3.52. The smallest absolute Gasteiger partial charge is 0.322 e. The zero-order valence-electron chi connectivity index (χ0n) is 9.53. The largest absolute Gasteiger partial charge is 0.480 e. The summed E-state index contributed by atoms with van der Waals surface area (Å²) in [6.07, 6.45) is 1.02. The maximum absolute atomic E-state index is 11.5. The molecule has 1 fully saturated rings. The first-order valence-electron chi connectivity index (χ1n) is 5.36. The van der Waals surface area contributed by atoms with Crippen molar-refractivity contribution in [3.8, 4) is 0 Å². The molecule has 1 aliphatic rings. The standard InChI is InChI=1S/C10H18N2O3S/c1-6(2)3-8-12-7(5-16-8)10(15)11-4-9(13)14/h6-8,12H,3-5H2,1-2H3,(H,11,15)(H,13,14). The molecule has 3 N–H and O–H groups in total. The Balaban J connectivity index is 2.29. The predicted octanol–water partition coefficient (Wildman–Crippen LogP) is 0.264. The average molecular weight is 246 g/mol. The van der Waals surface area contributed by atoms with E-state index in [9.17, 15) is 9.59 Å². The second kappa shape index (κ2) is 6.10. The Kier molecular flexibility index (Phi) is 5.08. The maximum atomic E-state index is 11.5. The lowest BCUT2D eigenvalue weighted by atomic mass is 10.1. The minimum absolute atomic E-state index is 0.221. The molecule has 0 aliphatic carbocycles. The molecule has 2 unspecified atom stereocenters. The van der Waals surface area contributed by atoms with E-state index in [1.165, 1.54) is 0 Å². The fourth-order valence-corrected chi connectivity index (χ4v) is 2.99. The highest BCUT2D eigenvalue weighted by atomic mass is 32.2. The summed E-state index contributed by atoms with van der Waals surface area (Å²) in [5.74, 6) is 0.0627. The van der Waals surface area contributed by atoms with Crippen LogP contribution in [0.1, 0.15) is 20.3 Å². The second-order valence-electron chi connectivity index (χ2n) is 4.28. The van der Waals surface area contributed by atoms with Crippen LogP contribution in [0, 0.1) is 5.92 Å². The van der Waals surface area contributed by atoms with Crippen LogP contribution in [0.3, 0.4) is 0 Å². The molecular formula is C10H18N2O3S. The van der Waals surface area contributed by atoms with E-state index in [2.05, 4.69) is 24.5 Å². The van der Waals surface area contributed by atoms with E-state index in [0.29, 0.717) is 17.0 Å². The number of aliphatic carboxylic acids is 1. The molecule has 5 nitrogen and oxygen atoms in total. The van der Waals surface area contributed by atoms with E-state index in [1.807, 2.05) is 0 Å². The van der Waals surface area contributed by atoms with Gasteiger partial charge in [-0.15, -0.1) is 11.8 Å². The molecule has 1 heterocycles. The minimum Gasteiger partial charge on any atom is -0.480 e. The van der Waals surface area contributed by atoms with Crippen LogP contribution >= 0.6 is 11.8 Å². The molecule has 16 heavy (non-hydrogen) atoms. The third kappa shape index (κ3) is 4.40. The van der Waals surface area contributed by atoms with Crippen molar-refractivity contribution in [2.24, 2.45) is 5.92 Å². The summed E-state index contributed by atoms with van der Waals surface area (Å²) in [6, 6.07) is -0.256. The summed E-state index contributed by atoms with van der Waals surface area (Å²) >= 11 is 1.72. The van der Waals surface area contributed by atoms with Crippen molar-refractivity contribution in [1.82, 2.24) is 10.6 Å². The van der Waals surface area contributed by atoms with Crippen molar-refractivity contribution < 1.29 is 14.7 Å². The molecule has 0 saturated carbocycles. The molecule has 0 bridgehead atoms. The van der Waals surface area contributed by atoms with E-state index in [1.54, 1.807) is 11.8 Å². The lowest BCUT2D eigenvalue weighted by molar-refractivity contribution is -0.138. The van der Waals surface area contributed by atoms with Crippen LogP contribution in [0.4, 0.5) is 0 Å². The first kappa shape index (κ1) is 13.3. The van der Waals surface area contributed by atoms with Gasteiger partial charge in [-0.3, -0.25) is 14.9 Å². The van der Waals surface area contributed by atoms with Crippen molar-refractivity contribution in [2.75, 3.05) is 12.3 Å². The van der Waals surface area contributed by atoms with Crippen molar-refractivity contribution >= 4 is 23.6 Å². The number of carboxylic acid groups (broad SMARTS) is 1. The molecule has 0 spiro atoms. The fraction of sp³-hybridized carbons (Fsp3) is 0.800. The summed E-state index contributed by atoms with van der Waals surface area (Å²) in [5.41, 5.74) is 0. The lowest BCUT2D eigenvalue weighted by Gasteiger charge is -2.14. The van der Waals surface area contributed by atoms with Crippen molar-refractivity contribution in [2.45, 2.75) is 31.7 Å². The van der Waals surface area contributed by atoms with Gasteiger partial charge in [0.15, 0.2) is 0 Å². The second-order valence-corrected chi connectivity index (χ2v) is 5.52. The molecule has 0 aromatic heterocycles. The predicted molar refractivity (Wildman–Crippen MR) is 63.3 cm³/mol. The van der Waals surface area contributed by atoms with Gasteiger partial charge < -0.3 is 10.4 Å². The molecule has 1 amide bonds. The van der Waals surface area contributed by atoms with Gasteiger partial charge in [-0.05, 0) is 12.3 Å². The van der Waals surface area contributed by atoms with E-state index in [0.717, 1.165) is 6.42 Å². The van der Waals surface area contributed by atoms with Gasteiger partial charge in [-0.1, -0.05) is 13.8 Å². The number of amides is 1. The zero-order valence-corrected chi connectivity index (χ0v) is 10.3. The minimum atomic E-state index is -1.02. The number of rotatable bonds is 5. The van der Waals surface area contributed by atoms with E-state index < -0.39 is 5.97 Å². The molecule has 2 atom stereocenters. The molecule has 0 radical (unpaired) electrons. The van der Waals surface area contributed by atoms with E-state index >= 15 is 0 Å². The average Bonchev–Trinajstić information content (AvgIpc) is 2.61. The van der Waals surface area contributed by atoms with Gasteiger partial charge in [0.2, 0.25) is 5.91 Å². The molecule has 92 valence electrons. The lowest BCUT2D eigenvalue weighted by Crippen LogP contribution is -2.45. The van der Waals surface area contributed by atoms with Gasteiger partial charge in [-0.2, -0.15) is 0 Å². The van der Waals surface area contributed by atoms with Crippen molar-refractivity contribution in [1.29, 1.82) is 0 Å². The Morgan fingerprint density at radius 1 is 1.56 bits per heavy atom. The summed E-state index contributed by atoms with van der Waals surface area (Å²) in [4.78, 5) is 21.8. The summed E-state index contributed by atoms with van der Waals surface area (Å²) in [5, 5.41) is 14.3. The fourth-order valence-electron chi connectivity index (χ4n) is 1.53. The van der Waals surface area contributed by atoms with Gasteiger partial charge in [0.1, 0.15) is 6.54 Å². The Labute approximate surface area is 99.4 Å². The van der Waals surface area contributed by atoms with Crippen LogP contribution in [0.2, 0.25) is 0 Å². The van der Waals surface area contributed by atoms with Crippen LogP contribution in [0.5, 0.6) is 0 Å². The van der Waals surface area contributed by atoms with Crippen LogP contribution in [-0.2, 0) is 9.59 Å². The van der Waals surface area contributed by atoms with Crippen molar-refractivity contribution in [3.05, 3.63) is 0 Å². The number of carbonyl (C=O) groups is 2. The Morgan fingerprint density at radius 3 is 2.81 bits per heavy atom. The monoisotopic (exact) mass is 246 g/mol. The zero-order chi connectivity index (χ0) is 12.1. The quantitative estimate of drug-likeness (QED) is 0.649. The Morgan fingerprint density at radius 2 is 2.25 bits per heavy atom. The topological polar surface area (TPSA) is 78.4 Å². The molecule has 0 aromatic rings. The number of hydrogen-bond acceptors (Lipinski definition) is 4. The van der Waals surface area contributed by atoms with Crippen LogP contribution < -0.4 is 10.6 Å². The molecule has 1 rings (SSSR count). The summed E-state index contributed by atoms with van der Waals surface area (Å²) in [6.45, 7) is 3.97. The Bertz CT molecular complexity index is 271. The number of nitrogens with one attached hydrogen (secondary N) is 2.